The Kier molecular flexibility index (Phi) is 24.9. The zero-order valence-electron chi connectivity index (χ0n) is 19.6. The molecule has 32 heavy (non-hydrogen) atoms. The van der Waals surface area contributed by atoms with Crippen molar-refractivity contribution in [3.8, 4) is 0 Å². The first-order chi connectivity index (χ1) is 14.8. The van der Waals surface area contributed by atoms with Gasteiger partial charge in [-0.2, -0.15) is 0 Å². The number of ether oxygens (including phenoxy) is 1. The minimum absolute atomic E-state index is 0. The molecule has 0 bridgehead atoms. The number of carbonyl (C=O) groups is 1. The maximum absolute atomic E-state index is 11.5. The standard InChI is InChI=1S/C23H39O7P.Na/c1-2-3-4-5-6-7-8-9-10-11-12-13-14-15-16-17-18-19-23(25)29-20-22(24)21-30-31(26,27)28;/h6-7,9-10,12-13,15-16,22,24H,2-5,8,11,14,17-21H2,1H3,(H2,26,27,28);/q;+1/p-1/b7-6-,10-9-,13-12-,16-15-;/t22-;/m1./s1. The molecule has 0 aromatic rings. The van der Waals surface area contributed by atoms with E-state index in [2.05, 4.69) is 47.9 Å². The third-order valence-corrected chi connectivity index (χ3v) is 4.55. The van der Waals surface area contributed by atoms with E-state index in [9.17, 15) is 19.4 Å². The van der Waals surface area contributed by atoms with Gasteiger partial charge >= 0.3 is 35.5 Å². The Morgan fingerprint density at radius 1 is 0.906 bits per heavy atom. The summed E-state index contributed by atoms with van der Waals surface area (Å²) in [4.78, 5) is 30.3. The van der Waals surface area contributed by atoms with Gasteiger partial charge in [0, 0.05) is 6.42 Å². The molecule has 0 aliphatic carbocycles. The van der Waals surface area contributed by atoms with Crippen LogP contribution in [-0.2, 0) is 18.6 Å². The molecule has 0 aromatic carbocycles. The van der Waals surface area contributed by atoms with Gasteiger partial charge in [-0.1, -0.05) is 68.4 Å². The Balaban J connectivity index is 0. The van der Waals surface area contributed by atoms with Gasteiger partial charge in [0.25, 0.3) is 7.82 Å². The van der Waals surface area contributed by atoms with Gasteiger partial charge in [0.2, 0.25) is 0 Å². The number of aliphatic hydroxyl groups is 1. The summed E-state index contributed by atoms with van der Waals surface area (Å²) in [5, 5.41) is 9.38. The summed E-state index contributed by atoms with van der Waals surface area (Å²) in [7, 11) is -4.88. The van der Waals surface area contributed by atoms with Crippen molar-refractivity contribution in [2.75, 3.05) is 13.2 Å². The molecule has 0 aromatic heterocycles. The second kappa shape index (κ2) is 23.7. The Hall–Kier alpha value is -0.500. The van der Waals surface area contributed by atoms with E-state index in [1.807, 2.05) is 12.2 Å². The van der Waals surface area contributed by atoms with Gasteiger partial charge in [-0.05, 0) is 44.9 Å². The smallest absolute Gasteiger partial charge is 0.756 e. The topological polar surface area (TPSA) is 116 Å². The molecule has 0 spiro atoms. The minimum Gasteiger partial charge on any atom is -0.756 e. The Bertz CT molecular complexity index is 611. The van der Waals surface area contributed by atoms with E-state index in [-0.39, 0.29) is 42.6 Å². The van der Waals surface area contributed by atoms with Crippen LogP contribution in [0.1, 0.15) is 71.1 Å². The van der Waals surface area contributed by atoms with E-state index in [0.29, 0.717) is 6.42 Å². The van der Waals surface area contributed by atoms with Crippen molar-refractivity contribution in [2.45, 2.75) is 77.2 Å². The number of rotatable bonds is 19. The first-order valence-electron chi connectivity index (χ1n) is 11.0. The van der Waals surface area contributed by atoms with Crippen LogP contribution in [0, 0.1) is 0 Å². The van der Waals surface area contributed by atoms with Gasteiger partial charge in [0.15, 0.2) is 0 Å². The number of hydrogen-bond acceptors (Lipinski definition) is 6. The van der Waals surface area contributed by atoms with E-state index in [1.54, 1.807) is 0 Å². The average molecular weight is 481 g/mol. The van der Waals surface area contributed by atoms with Crippen LogP contribution in [0.2, 0.25) is 0 Å². The quantitative estimate of drug-likeness (QED) is 0.0947. The first kappa shape index (κ1) is 33.7. The van der Waals surface area contributed by atoms with Crippen molar-refractivity contribution in [1.82, 2.24) is 0 Å². The van der Waals surface area contributed by atoms with Gasteiger partial charge in [0.1, 0.15) is 12.7 Å². The normalized spacial score (nSPS) is 14.9. The maximum atomic E-state index is 11.5. The number of unbranched alkanes of at least 4 members (excludes halogenated alkanes) is 4. The van der Waals surface area contributed by atoms with Crippen LogP contribution >= 0.6 is 7.82 Å². The molecular weight excluding hydrogens is 442 g/mol. The maximum Gasteiger partial charge on any atom is 1.00 e. The number of hydrogen-bond donors (Lipinski definition) is 2. The summed E-state index contributed by atoms with van der Waals surface area (Å²) in [5.41, 5.74) is 0. The second-order valence-electron chi connectivity index (χ2n) is 7.08. The molecule has 0 aliphatic rings. The van der Waals surface area contributed by atoms with E-state index in [4.69, 9.17) is 9.63 Å². The Morgan fingerprint density at radius 2 is 1.41 bits per heavy atom. The second-order valence-corrected chi connectivity index (χ2v) is 8.28. The van der Waals surface area contributed by atoms with E-state index >= 15 is 0 Å². The molecule has 7 nitrogen and oxygen atoms in total. The summed E-state index contributed by atoms with van der Waals surface area (Å²) >= 11 is 0. The van der Waals surface area contributed by atoms with Crippen molar-refractivity contribution >= 4 is 13.8 Å². The number of aliphatic hydroxyl groups excluding tert-OH is 1. The monoisotopic (exact) mass is 480 g/mol. The van der Waals surface area contributed by atoms with E-state index in [0.717, 1.165) is 25.7 Å². The fourth-order valence-electron chi connectivity index (χ4n) is 2.41. The summed E-state index contributed by atoms with van der Waals surface area (Å²) in [6, 6.07) is 0. The van der Waals surface area contributed by atoms with Gasteiger partial charge in [-0.15, -0.1) is 0 Å². The molecule has 0 heterocycles. The van der Waals surface area contributed by atoms with E-state index < -0.39 is 26.5 Å². The molecule has 0 fully saturated rings. The SMILES string of the molecule is CCCCC/C=C\C/C=C\C/C=C\C/C=C\CCCC(=O)OC[C@@H](O)COP(=O)([O-])O.[Na+]. The predicted molar refractivity (Wildman–Crippen MR) is 121 cm³/mol. The van der Waals surface area contributed by atoms with Crippen molar-refractivity contribution in [3.05, 3.63) is 48.6 Å². The molecule has 1 unspecified atom stereocenters. The van der Waals surface area contributed by atoms with Crippen molar-refractivity contribution in [2.24, 2.45) is 0 Å². The molecule has 0 amide bonds. The number of phosphoric ester groups is 1. The summed E-state index contributed by atoms with van der Waals surface area (Å²) in [6.07, 6.45) is 25.1. The molecule has 2 N–H and O–H groups in total. The summed E-state index contributed by atoms with van der Waals surface area (Å²) < 4.78 is 19.2. The van der Waals surface area contributed by atoms with E-state index in [1.165, 1.54) is 25.7 Å². The molecule has 0 saturated heterocycles. The van der Waals surface area contributed by atoms with Crippen LogP contribution in [0.5, 0.6) is 0 Å². The van der Waals surface area contributed by atoms with Crippen molar-refractivity contribution in [3.63, 3.8) is 0 Å². The fourth-order valence-corrected chi connectivity index (χ4v) is 2.78. The molecule has 0 rings (SSSR count). The molecule has 0 saturated carbocycles. The van der Waals surface area contributed by atoms with Crippen LogP contribution in [0.3, 0.4) is 0 Å². The summed E-state index contributed by atoms with van der Waals surface area (Å²) in [5.74, 6) is -0.482. The molecule has 2 atom stereocenters. The number of phosphoric acid groups is 1. The van der Waals surface area contributed by atoms with Crippen LogP contribution in [0.4, 0.5) is 0 Å². The number of esters is 1. The Morgan fingerprint density at radius 3 is 1.91 bits per heavy atom. The van der Waals surface area contributed by atoms with Crippen LogP contribution < -0.4 is 34.5 Å². The zero-order chi connectivity index (χ0) is 23.2. The van der Waals surface area contributed by atoms with Crippen LogP contribution in [0.25, 0.3) is 0 Å². The van der Waals surface area contributed by atoms with Crippen LogP contribution in [-0.4, -0.2) is 35.3 Å². The zero-order valence-corrected chi connectivity index (χ0v) is 22.5. The number of allylic oxidation sites excluding steroid dienone is 8. The average Bonchev–Trinajstić information content (AvgIpc) is 2.72. The predicted octanol–water partition coefficient (Wildman–Crippen LogP) is 1.52. The van der Waals surface area contributed by atoms with Gasteiger partial charge in [-0.3, -0.25) is 9.36 Å². The van der Waals surface area contributed by atoms with Crippen molar-refractivity contribution in [1.29, 1.82) is 0 Å². The Labute approximate surface area is 215 Å². The summed E-state index contributed by atoms with van der Waals surface area (Å²) in [6.45, 7) is 1.17. The van der Waals surface area contributed by atoms with Crippen molar-refractivity contribution < 1.29 is 63.1 Å². The molecule has 9 heteroatoms. The van der Waals surface area contributed by atoms with Crippen LogP contribution in [0.15, 0.2) is 48.6 Å². The van der Waals surface area contributed by atoms with Gasteiger partial charge in [-0.25, -0.2) is 0 Å². The van der Waals surface area contributed by atoms with Gasteiger partial charge < -0.3 is 24.2 Å². The molecule has 0 aliphatic heterocycles. The van der Waals surface area contributed by atoms with Gasteiger partial charge in [0.05, 0.1) is 6.61 Å². The number of carbonyl (C=O) groups excluding carboxylic acids is 1. The molecule has 178 valence electrons. The first-order valence-corrected chi connectivity index (χ1v) is 12.5. The fraction of sp³-hybridized carbons (Fsp3) is 0.609. The molecule has 0 radical (unpaired) electrons. The third-order valence-electron chi connectivity index (χ3n) is 4.08. The third kappa shape index (κ3) is 27.5. The molecular formula is C23H38NaO7P. The minimum atomic E-state index is -4.88. The largest absolute Gasteiger partial charge is 1.00 e.